The van der Waals surface area contributed by atoms with Gasteiger partial charge in [0, 0.05) is 19.1 Å². The zero-order valence-corrected chi connectivity index (χ0v) is 12.6. The van der Waals surface area contributed by atoms with Crippen molar-refractivity contribution in [1.82, 2.24) is 10.0 Å². The van der Waals surface area contributed by atoms with Crippen molar-refractivity contribution in [3.05, 3.63) is 35.4 Å². The minimum absolute atomic E-state index is 0.0639. The summed E-state index contributed by atoms with van der Waals surface area (Å²) in [6, 6.07) is 3.49. The summed E-state index contributed by atoms with van der Waals surface area (Å²) in [5.41, 5.74) is 0.372. The van der Waals surface area contributed by atoms with Gasteiger partial charge in [0.1, 0.15) is 0 Å². The molecular formula is C13H20F2N2O2S. The lowest BCUT2D eigenvalue weighted by atomic mass is 10.2. The second kappa shape index (κ2) is 7.10. The van der Waals surface area contributed by atoms with E-state index < -0.39 is 26.9 Å². The van der Waals surface area contributed by atoms with Crippen LogP contribution in [0.25, 0.3) is 0 Å². The minimum atomic E-state index is -3.51. The number of rotatable bonds is 7. The third-order valence-corrected chi connectivity index (χ3v) is 4.58. The van der Waals surface area contributed by atoms with E-state index in [4.69, 9.17) is 0 Å². The van der Waals surface area contributed by atoms with Crippen LogP contribution in [0, 0.1) is 11.6 Å². The molecule has 0 aliphatic heterocycles. The van der Waals surface area contributed by atoms with Crippen LogP contribution in [0.4, 0.5) is 8.78 Å². The van der Waals surface area contributed by atoms with Gasteiger partial charge in [-0.2, -0.15) is 0 Å². The molecule has 1 aromatic carbocycles. The molecular weight excluding hydrogens is 286 g/mol. The fourth-order valence-electron chi connectivity index (χ4n) is 1.49. The van der Waals surface area contributed by atoms with Crippen molar-refractivity contribution in [2.45, 2.75) is 38.6 Å². The summed E-state index contributed by atoms with van der Waals surface area (Å²) in [6.45, 7) is 5.70. The summed E-state index contributed by atoms with van der Waals surface area (Å²) in [5.74, 6) is -1.94. The smallest absolute Gasteiger partial charge is 0.215 e. The molecule has 7 heteroatoms. The summed E-state index contributed by atoms with van der Waals surface area (Å²) >= 11 is 0. The number of sulfonamides is 1. The van der Waals surface area contributed by atoms with Gasteiger partial charge >= 0.3 is 0 Å². The van der Waals surface area contributed by atoms with E-state index in [1.165, 1.54) is 6.07 Å². The number of nitrogens with one attached hydrogen (secondary N) is 2. The molecule has 0 aliphatic rings. The van der Waals surface area contributed by atoms with Gasteiger partial charge < -0.3 is 5.32 Å². The van der Waals surface area contributed by atoms with E-state index in [2.05, 4.69) is 10.0 Å². The third-order valence-electron chi connectivity index (χ3n) is 2.80. The fourth-order valence-corrected chi connectivity index (χ4v) is 2.46. The summed E-state index contributed by atoms with van der Waals surface area (Å²) < 4.78 is 52.0. The first-order valence-corrected chi connectivity index (χ1v) is 7.93. The molecule has 114 valence electrons. The van der Waals surface area contributed by atoms with Crippen molar-refractivity contribution >= 4 is 10.0 Å². The van der Waals surface area contributed by atoms with E-state index in [0.29, 0.717) is 12.1 Å². The van der Waals surface area contributed by atoms with Crippen molar-refractivity contribution in [3.8, 4) is 0 Å². The van der Waals surface area contributed by atoms with Crippen molar-refractivity contribution in [3.63, 3.8) is 0 Å². The maximum atomic E-state index is 13.0. The second-order valence-corrected chi connectivity index (χ2v) is 7.17. The van der Waals surface area contributed by atoms with Crippen LogP contribution >= 0.6 is 0 Å². The van der Waals surface area contributed by atoms with Gasteiger partial charge in [-0.25, -0.2) is 21.9 Å². The highest BCUT2D eigenvalue weighted by Gasteiger charge is 2.20. The predicted octanol–water partition coefficient (Wildman–Crippen LogP) is 1.77. The topological polar surface area (TPSA) is 58.2 Å². The van der Waals surface area contributed by atoms with Crippen LogP contribution in [-0.4, -0.2) is 26.3 Å². The second-order valence-electron chi connectivity index (χ2n) is 4.99. The molecule has 0 radical (unpaired) electrons. The molecule has 0 saturated heterocycles. The van der Waals surface area contributed by atoms with Crippen LogP contribution in [0.5, 0.6) is 0 Å². The first-order chi connectivity index (χ1) is 9.22. The standard InChI is InChI=1S/C13H20F2N2O2S/c1-9(2)16-7-10(3)20(18,19)17-8-11-4-5-12(14)13(15)6-11/h4-6,9-10,16-17H,7-8H2,1-3H3. The van der Waals surface area contributed by atoms with E-state index in [1.54, 1.807) is 6.92 Å². The lowest BCUT2D eigenvalue weighted by molar-refractivity contribution is 0.506. The molecule has 0 bridgehead atoms. The molecule has 0 aliphatic carbocycles. The molecule has 0 heterocycles. The largest absolute Gasteiger partial charge is 0.313 e. The SMILES string of the molecule is CC(C)NCC(C)S(=O)(=O)NCc1ccc(F)c(F)c1. The average Bonchev–Trinajstić information content (AvgIpc) is 2.37. The van der Waals surface area contributed by atoms with Crippen LogP contribution < -0.4 is 10.0 Å². The number of hydrogen-bond acceptors (Lipinski definition) is 3. The van der Waals surface area contributed by atoms with Gasteiger partial charge in [0.15, 0.2) is 11.6 Å². The first-order valence-electron chi connectivity index (χ1n) is 6.38. The number of hydrogen-bond donors (Lipinski definition) is 2. The van der Waals surface area contributed by atoms with Gasteiger partial charge in [-0.3, -0.25) is 0 Å². The predicted molar refractivity (Wildman–Crippen MR) is 74.7 cm³/mol. The quantitative estimate of drug-likeness (QED) is 0.807. The molecule has 0 spiro atoms. The molecule has 1 atom stereocenters. The summed E-state index contributed by atoms with van der Waals surface area (Å²) in [4.78, 5) is 0. The molecule has 0 amide bonds. The molecule has 0 fully saturated rings. The van der Waals surface area contributed by atoms with Gasteiger partial charge in [-0.1, -0.05) is 19.9 Å². The third kappa shape index (κ3) is 5.15. The van der Waals surface area contributed by atoms with Crippen molar-refractivity contribution in [1.29, 1.82) is 0 Å². The van der Waals surface area contributed by atoms with Gasteiger partial charge in [-0.15, -0.1) is 0 Å². The highest BCUT2D eigenvalue weighted by molar-refractivity contribution is 7.90. The van der Waals surface area contributed by atoms with Gasteiger partial charge in [0.25, 0.3) is 0 Å². The Labute approximate surface area is 118 Å². The van der Waals surface area contributed by atoms with E-state index in [-0.39, 0.29) is 12.6 Å². The van der Waals surface area contributed by atoms with Gasteiger partial charge in [-0.05, 0) is 24.6 Å². The zero-order valence-electron chi connectivity index (χ0n) is 11.8. The normalized spacial score (nSPS) is 13.7. The maximum absolute atomic E-state index is 13.0. The Kier molecular flexibility index (Phi) is 6.04. The highest BCUT2D eigenvalue weighted by Crippen LogP contribution is 2.09. The van der Waals surface area contributed by atoms with Crippen LogP contribution in [0.15, 0.2) is 18.2 Å². The van der Waals surface area contributed by atoms with E-state index >= 15 is 0 Å². The molecule has 0 saturated carbocycles. The Morgan fingerprint density at radius 3 is 2.35 bits per heavy atom. The minimum Gasteiger partial charge on any atom is -0.313 e. The Morgan fingerprint density at radius 1 is 1.15 bits per heavy atom. The van der Waals surface area contributed by atoms with Crippen molar-refractivity contribution in [2.75, 3.05) is 6.54 Å². The van der Waals surface area contributed by atoms with E-state index in [0.717, 1.165) is 12.1 Å². The molecule has 1 unspecified atom stereocenters. The molecule has 2 N–H and O–H groups in total. The molecule has 1 rings (SSSR count). The number of benzene rings is 1. The van der Waals surface area contributed by atoms with Crippen LogP contribution in [0.1, 0.15) is 26.3 Å². The van der Waals surface area contributed by atoms with Crippen molar-refractivity contribution < 1.29 is 17.2 Å². The molecule has 4 nitrogen and oxygen atoms in total. The lowest BCUT2D eigenvalue weighted by Gasteiger charge is -2.16. The van der Waals surface area contributed by atoms with Gasteiger partial charge in [0.2, 0.25) is 10.0 Å². The summed E-state index contributed by atoms with van der Waals surface area (Å²) in [5, 5.41) is 2.42. The lowest BCUT2D eigenvalue weighted by Crippen LogP contribution is -2.40. The molecule has 0 aromatic heterocycles. The fraction of sp³-hybridized carbons (Fsp3) is 0.538. The van der Waals surface area contributed by atoms with Gasteiger partial charge in [0.05, 0.1) is 5.25 Å². The van der Waals surface area contributed by atoms with Crippen LogP contribution in [0.3, 0.4) is 0 Å². The zero-order chi connectivity index (χ0) is 15.3. The van der Waals surface area contributed by atoms with Crippen molar-refractivity contribution in [2.24, 2.45) is 0 Å². The summed E-state index contributed by atoms with van der Waals surface area (Å²) in [6.07, 6.45) is 0. The Hall–Kier alpha value is -1.05. The first kappa shape index (κ1) is 17.0. The van der Waals surface area contributed by atoms with Crippen LogP contribution in [0.2, 0.25) is 0 Å². The summed E-state index contributed by atoms with van der Waals surface area (Å²) in [7, 11) is -3.51. The van der Waals surface area contributed by atoms with Crippen LogP contribution in [-0.2, 0) is 16.6 Å². The molecule has 1 aromatic rings. The Balaban J connectivity index is 2.60. The molecule has 20 heavy (non-hydrogen) atoms. The highest BCUT2D eigenvalue weighted by atomic mass is 32.2. The Bertz CT molecular complexity index is 547. The van der Waals surface area contributed by atoms with E-state index in [1.807, 2.05) is 13.8 Å². The van der Waals surface area contributed by atoms with E-state index in [9.17, 15) is 17.2 Å². The average molecular weight is 306 g/mol. The Morgan fingerprint density at radius 2 is 1.80 bits per heavy atom. The maximum Gasteiger partial charge on any atom is 0.215 e. The monoisotopic (exact) mass is 306 g/mol. The number of halogens is 2.